The van der Waals surface area contributed by atoms with Crippen LogP contribution in [0.5, 0.6) is 0 Å². The van der Waals surface area contributed by atoms with E-state index in [1.165, 1.54) is 4.90 Å². The molecule has 0 aromatic carbocycles. The van der Waals surface area contributed by atoms with Gasteiger partial charge in [0, 0.05) is 6.54 Å². The monoisotopic (exact) mass is 211 g/mol. The standard InChI is InChI=1S/C8H9N3O4/c9-6(12)5-1-2-11(5)8-10-4(3-15-8)7(13)14/h3,5H,1-2H2,(H2,9,12)(H,13,14). The summed E-state index contributed by atoms with van der Waals surface area (Å²) in [7, 11) is 0. The first-order valence-corrected chi connectivity index (χ1v) is 4.34. The van der Waals surface area contributed by atoms with Gasteiger partial charge < -0.3 is 20.2 Å². The van der Waals surface area contributed by atoms with Crippen LogP contribution in [0.3, 0.4) is 0 Å². The molecular weight excluding hydrogens is 202 g/mol. The molecule has 1 aliphatic rings. The fourth-order valence-corrected chi connectivity index (χ4v) is 1.41. The molecule has 0 saturated carbocycles. The fourth-order valence-electron chi connectivity index (χ4n) is 1.41. The van der Waals surface area contributed by atoms with Crippen molar-refractivity contribution in [2.24, 2.45) is 5.73 Å². The maximum Gasteiger partial charge on any atom is 0.357 e. The highest BCUT2D eigenvalue weighted by Crippen LogP contribution is 2.25. The minimum absolute atomic E-state index is 0.127. The highest BCUT2D eigenvalue weighted by Gasteiger charge is 2.35. The van der Waals surface area contributed by atoms with Crippen LogP contribution >= 0.6 is 0 Å². The number of carbonyl (C=O) groups is 2. The number of nitrogens with zero attached hydrogens (tertiary/aromatic N) is 2. The third kappa shape index (κ3) is 1.51. The number of carbonyl (C=O) groups excluding carboxylic acids is 1. The predicted molar refractivity (Wildman–Crippen MR) is 48.4 cm³/mol. The summed E-state index contributed by atoms with van der Waals surface area (Å²) in [5, 5.41) is 8.61. The smallest absolute Gasteiger partial charge is 0.357 e. The second kappa shape index (κ2) is 3.26. The molecule has 3 N–H and O–H groups in total. The molecule has 1 atom stereocenters. The Hall–Kier alpha value is -2.05. The van der Waals surface area contributed by atoms with Crippen LogP contribution in [-0.4, -0.2) is 34.6 Å². The Morgan fingerprint density at radius 2 is 2.40 bits per heavy atom. The molecule has 2 heterocycles. The lowest BCUT2D eigenvalue weighted by Crippen LogP contribution is -2.55. The third-order valence-electron chi connectivity index (χ3n) is 2.30. The quantitative estimate of drug-likeness (QED) is 0.693. The van der Waals surface area contributed by atoms with Gasteiger partial charge in [0.15, 0.2) is 5.69 Å². The van der Waals surface area contributed by atoms with Gasteiger partial charge in [0.25, 0.3) is 6.01 Å². The number of oxazole rings is 1. The Balaban J connectivity index is 2.16. The molecule has 0 radical (unpaired) electrons. The van der Waals surface area contributed by atoms with Crippen molar-refractivity contribution in [1.29, 1.82) is 0 Å². The van der Waals surface area contributed by atoms with Gasteiger partial charge in [-0.25, -0.2) is 4.79 Å². The van der Waals surface area contributed by atoms with E-state index in [0.717, 1.165) is 6.26 Å². The number of aromatic nitrogens is 1. The van der Waals surface area contributed by atoms with E-state index in [-0.39, 0.29) is 11.7 Å². The van der Waals surface area contributed by atoms with Crippen molar-refractivity contribution >= 4 is 17.9 Å². The first-order valence-electron chi connectivity index (χ1n) is 4.34. The van der Waals surface area contributed by atoms with Crippen LogP contribution in [0, 0.1) is 0 Å². The summed E-state index contributed by atoms with van der Waals surface area (Å²) in [6, 6.07) is -0.312. The van der Waals surface area contributed by atoms with E-state index in [9.17, 15) is 9.59 Å². The molecule has 0 bridgehead atoms. The Kier molecular flexibility index (Phi) is 2.07. The number of hydrogen-bond acceptors (Lipinski definition) is 5. The van der Waals surface area contributed by atoms with E-state index in [4.69, 9.17) is 15.3 Å². The molecular formula is C8H9N3O4. The van der Waals surface area contributed by atoms with Gasteiger partial charge in [-0.1, -0.05) is 0 Å². The summed E-state index contributed by atoms with van der Waals surface area (Å²) >= 11 is 0. The first kappa shape index (κ1) is 9.50. The molecule has 1 saturated heterocycles. The molecule has 2 rings (SSSR count). The average molecular weight is 211 g/mol. The summed E-state index contributed by atoms with van der Waals surface area (Å²) in [4.78, 5) is 26.7. The molecule has 1 amide bonds. The fraction of sp³-hybridized carbons (Fsp3) is 0.375. The highest BCUT2D eigenvalue weighted by molar-refractivity contribution is 5.86. The van der Waals surface area contributed by atoms with E-state index < -0.39 is 17.9 Å². The lowest BCUT2D eigenvalue weighted by Gasteiger charge is -2.37. The number of amides is 1. The number of hydrogen-bond donors (Lipinski definition) is 2. The Bertz CT molecular complexity index is 414. The molecule has 1 unspecified atom stereocenters. The van der Waals surface area contributed by atoms with Gasteiger partial charge in [0.1, 0.15) is 12.3 Å². The summed E-state index contributed by atoms with van der Waals surface area (Å²) < 4.78 is 4.94. The van der Waals surface area contributed by atoms with Crippen LogP contribution in [0.15, 0.2) is 10.7 Å². The minimum Gasteiger partial charge on any atom is -0.476 e. The van der Waals surface area contributed by atoms with E-state index >= 15 is 0 Å². The third-order valence-corrected chi connectivity index (χ3v) is 2.30. The maximum atomic E-state index is 10.9. The molecule has 1 aromatic heterocycles. The number of nitrogens with two attached hydrogens (primary N) is 1. The van der Waals surface area contributed by atoms with Crippen molar-refractivity contribution in [3.05, 3.63) is 12.0 Å². The highest BCUT2D eigenvalue weighted by atomic mass is 16.4. The second-order valence-electron chi connectivity index (χ2n) is 3.22. The van der Waals surface area contributed by atoms with E-state index in [1.807, 2.05) is 0 Å². The average Bonchev–Trinajstić information content (AvgIpc) is 2.49. The molecule has 15 heavy (non-hydrogen) atoms. The van der Waals surface area contributed by atoms with Gasteiger partial charge in [0.2, 0.25) is 5.91 Å². The molecule has 1 aromatic rings. The number of rotatable bonds is 3. The van der Waals surface area contributed by atoms with Gasteiger partial charge in [-0.15, -0.1) is 0 Å². The molecule has 80 valence electrons. The van der Waals surface area contributed by atoms with Crippen LogP contribution in [-0.2, 0) is 4.79 Å². The van der Waals surface area contributed by atoms with Crippen LogP contribution in [0.25, 0.3) is 0 Å². The molecule has 1 aliphatic heterocycles. The van der Waals surface area contributed by atoms with Crippen LogP contribution < -0.4 is 10.6 Å². The van der Waals surface area contributed by atoms with Crippen molar-refractivity contribution in [2.45, 2.75) is 12.5 Å². The van der Waals surface area contributed by atoms with Gasteiger partial charge in [0.05, 0.1) is 0 Å². The Labute approximate surface area is 84.5 Å². The molecule has 7 heteroatoms. The van der Waals surface area contributed by atoms with Crippen LogP contribution in [0.1, 0.15) is 16.9 Å². The zero-order chi connectivity index (χ0) is 11.0. The lowest BCUT2D eigenvalue weighted by atomic mass is 10.0. The summed E-state index contributed by atoms with van der Waals surface area (Å²) in [5.74, 6) is -1.63. The van der Waals surface area contributed by atoms with Crippen LogP contribution in [0.2, 0.25) is 0 Å². The van der Waals surface area contributed by atoms with Crippen LogP contribution in [0.4, 0.5) is 6.01 Å². The van der Waals surface area contributed by atoms with Crippen molar-refractivity contribution in [2.75, 3.05) is 11.4 Å². The van der Waals surface area contributed by atoms with Crippen molar-refractivity contribution in [3.63, 3.8) is 0 Å². The van der Waals surface area contributed by atoms with E-state index in [0.29, 0.717) is 13.0 Å². The van der Waals surface area contributed by atoms with Crippen molar-refractivity contribution < 1.29 is 19.1 Å². The topological polar surface area (TPSA) is 110 Å². The van der Waals surface area contributed by atoms with E-state index in [2.05, 4.69) is 4.98 Å². The minimum atomic E-state index is -1.17. The lowest BCUT2D eigenvalue weighted by molar-refractivity contribution is -0.120. The number of carboxylic acid groups (broad SMARTS) is 1. The largest absolute Gasteiger partial charge is 0.476 e. The first-order chi connectivity index (χ1) is 7.09. The number of carboxylic acids is 1. The molecule has 1 fully saturated rings. The Morgan fingerprint density at radius 3 is 2.80 bits per heavy atom. The SMILES string of the molecule is NC(=O)C1CCN1c1nc(C(=O)O)co1. The molecule has 0 spiro atoms. The Morgan fingerprint density at radius 1 is 1.67 bits per heavy atom. The van der Waals surface area contributed by atoms with Gasteiger partial charge in [-0.3, -0.25) is 4.79 Å². The summed E-state index contributed by atoms with van der Waals surface area (Å²) in [6.07, 6.45) is 1.67. The van der Waals surface area contributed by atoms with Crippen molar-refractivity contribution in [1.82, 2.24) is 4.98 Å². The zero-order valence-electron chi connectivity index (χ0n) is 7.71. The normalized spacial score (nSPS) is 19.7. The number of anilines is 1. The van der Waals surface area contributed by atoms with Crippen molar-refractivity contribution in [3.8, 4) is 0 Å². The number of primary amides is 1. The van der Waals surface area contributed by atoms with Gasteiger partial charge in [-0.2, -0.15) is 4.98 Å². The second-order valence-corrected chi connectivity index (χ2v) is 3.22. The predicted octanol–water partition coefficient (Wildman–Crippen LogP) is -0.563. The number of aromatic carboxylic acids is 1. The van der Waals surface area contributed by atoms with Gasteiger partial charge >= 0.3 is 5.97 Å². The van der Waals surface area contributed by atoms with Gasteiger partial charge in [-0.05, 0) is 6.42 Å². The zero-order valence-corrected chi connectivity index (χ0v) is 7.71. The maximum absolute atomic E-state index is 10.9. The molecule has 7 nitrogen and oxygen atoms in total. The summed E-state index contributed by atoms with van der Waals surface area (Å²) in [6.45, 7) is 0.590. The molecule has 0 aliphatic carbocycles. The van der Waals surface area contributed by atoms with E-state index in [1.54, 1.807) is 0 Å². The summed E-state index contributed by atoms with van der Waals surface area (Å²) in [5.41, 5.74) is 4.95.